The Balaban J connectivity index is 1.92. The second-order valence-corrected chi connectivity index (χ2v) is 4.66. The number of benzene rings is 1. The lowest BCUT2D eigenvalue weighted by molar-refractivity contribution is 0.866. The number of hydrogen-bond donors (Lipinski definition) is 0. The van der Waals surface area contributed by atoms with Gasteiger partial charge in [0.05, 0.1) is 5.71 Å². The molecule has 0 saturated heterocycles. The van der Waals surface area contributed by atoms with Crippen LogP contribution in [0.2, 0.25) is 0 Å². The van der Waals surface area contributed by atoms with Gasteiger partial charge in [-0.2, -0.15) is 0 Å². The van der Waals surface area contributed by atoms with Crippen molar-refractivity contribution in [1.29, 1.82) is 0 Å². The predicted octanol–water partition coefficient (Wildman–Crippen LogP) is 3.46. The third-order valence-corrected chi connectivity index (χ3v) is 3.17. The largest absolute Gasteiger partial charge is 0.263 e. The molecular weight excluding hydrogens is 208 g/mol. The van der Waals surface area contributed by atoms with Crippen molar-refractivity contribution in [3.63, 3.8) is 0 Å². The number of rotatable bonds is 2. The Labute approximate surface area is 101 Å². The summed E-state index contributed by atoms with van der Waals surface area (Å²) >= 11 is 0. The van der Waals surface area contributed by atoms with Crippen LogP contribution >= 0.6 is 0 Å². The first kappa shape index (κ1) is 10.2. The number of fused-ring (bicyclic) bond motifs is 1. The van der Waals surface area contributed by atoms with Gasteiger partial charge < -0.3 is 0 Å². The van der Waals surface area contributed by atoms with E-state index in [-0.39, 0.29) is 0 Å². The van der Waals surface area contributed by atoms with E-state index in [2.05, 4.69) is 48.1 Å². The van der Waals surface area contributed by atoms with Gasteiger partial charge in [-0.25, -0.2) is 0 Å². The molecule has 0 fully saturated rings. The molecule has 0 atom stereocenters. The fourth-order valence-corrected chi connectivity index (χ4v) is 2.10. The van der Waals surface area contributed by atoms with Crippen molar-refractivity contribution in [1.82, 2.24) is 0 Å². The summed E-state index contributed by atoms with van der Waals surface area (Å²) < 4.78 is 0. The Morgan fingerprint density at radius 2 is 1.76 bits per heavy atom. The average molecular weight is 222 g/mol. The standard InChI is InChI=1S/C15H14N2/c1-10(2)11-3-5-12(6-4-11)15-14-9-16-7-13(14)8-17-15/h3-10H,1-2H3. The fraction of sp³-hybridized carbons (Fsp3) is 0.200. The zero-order chi connectivity index (χ0) is 11.8. The minimum Gasteiger partial charge on any atom is -0.263 e. The highest BCUT2D eigenvalue weighted by Crippen LogP contribution is 2.26. The van der Waals surface area contributed by atoms with E-state index in [9.17, 15) is 0 Å². The van der Waals surface area contributed by atoms with E-state index in [1.54, 1.807) is 0 Å². The molecule has 1 aromatic carbocycles. The van der Waals surface area contributed by atoms with Gasteiger partial charge in [-0.15, -0.1) is 0 Å². The highest BCUT2D eigenvalue weighted by Gasteiger charge is 2.20. The van der Waals surface area contributed by atoms with Crippen LogP contribution < -0.4 is 0 Å². The molecule has 0 saturated carbocycles. The van der Waals surface area contributed by atoms with Crippen LogP contribution in [0.3, 0.4) is 0 Å². The molecule has 0 N–H and O–H groups in total. The van der Waals surface area contributed by atoms with Crippen LogP contribution in [-0.2, 0) is 0 Å². The summed E-state index contributed by atoms with van der Waals surface area (Å²) in [6.45, 7) is 4.41. The number of hydrogen-bond acceptors (Lipinski definition) is 2. The SMILES string of the molecule is CC(C)c1ccc(C2=NC=C3C=NC=C32)cc1. The van der Waals surface area contributed by atoms with E-state index in [1.165, 1.54) is 5.56 Å². The highest BCUT2D eigenvalue weighted by molar-refractivity contribution is 6.22. The van der Waals surface area contributed by atoms with Crippen molar-refractivity contribution in [3.8, 4) is 0 Å². The van der Waals surface area contributed by atoms with E-state index in [1.807, 2.05) is 18.6 Å². The van der Waals surface area contributed by atoms with Gasteiger partial charge in [0.25, 0.3) is 0 Å². The lowest BCUT2D eigenvalue weighted by atomic mass is 9.97. The normalized spacial score (nSPS) is 17.0. The Kier molecular flexibility index (Phi) is 2.29. The van der Waals surface area contributed by atoms with Crippen LogP contribution in [0.25, 0.3) is 0 Å². The van der Waals surface area contributed by atoms with Crippen molar-refractivity contribution >= 4 is 11.9 Å². The summed E-state index contributed by atoms with van der Waals surface area (Å²) in [5.41, 5.74) is 5.82. The molecule has 0 aromatic heterocycles. The zero-order valence-corrected chi connectivity index (χ0v) is 10.0. The summed E-state index contributed by atoms with van der Waals surface area (Å²) in [6.07, 6.45) is 5.62. The van der Waals surface area contributed by atoms with Crippen molar-refractivity contribution in [2.24, 2.45) is 9.98 Å². The molecule has 0 amide bonds. The van der Waals surface area contributed by atoms with Crippen LogP contribution in [0.5, 0.6) is 0 Å². The van der Waals surface area contributed by atoms with Crippen LogP contribution in [0.15, 0.2) is 57.8 Å². The molecule has 2 nitrogen and oxygen atoms in total. The molecule has 2 aliphatic heterocycles. The molecule has 2 heteroatoms. The summed E-state index contributed by atoms with van der Waals surface area (Å²) in [5, 5.41) is 0. The van der Waals surface area contributed by atoms with Gasteiger partial charge in [-0.05, 0) is 11.5 Å². The summed E-state index contributed by atoms with van der Waals surface area (Å²) in [6, 6.07) is 8.64. The fourth-order valence-electron chi connectivity index (χ4n) is 2.10. The minimum atomic E-state index is 0.567. The first-order valence-electron chi connectivity index (χ1n) is 5.88. The molecule has 1 aromatic rings. The number of aliphatic imine (C=N–C) groups is 2. The Bertz CT molecular complexity index is 569. The first-order valence-corrected chi connectivity index (χ1v) is 5.88. The summed E-state index contributed by atoms with van der Waals surface area (Å²) in [5.74, 6) is 0.567. The van der Waals surface area contributed by atoms with Crippen molar-refractivity contribution in [2.45, 2.75) is 19.8 Å². The monoisotopic (exact) mass is 222 g/mol. The number of allylic oxidation sites excluding steroid dienone is 2. The average Bonchev–Trinajstić information content (AvgIpc) is 2.90. The Morgan fingerprint density at radius 3 is 2.47 bits per heavy atom. The third-order valence-electron chi connectivity index (χ3n) is 3.17. The van der Waals surface area contributed by atoms with E-state index >= 15 is 0 Å². The molecule has 2 aliphatic rings. The number of nitrogens with zero attached hydrogens (tertiary/aromatic N) is 2. The maximum Gasteiger partial charge on any atom is 0.0797 e. The Hall–Kier alpha value is -1.96. The zero-order valence-electron chi connectivity index (χ0n) is 10.0. The van der Waals surface area contributed by atoms with E-state index in [0.717, 1.165) is 22.4 Å². The van der Waals surface area contributed by atoms with Crippen molar-refractivity contribution < 1.29 is 0 Å². The highest BCUT2D eigenvalue weighted by atomic mass is 14.8. The van der Waals surface area contributed by atoms with E-state index < -0.39 is 0 Å². The predicted molar refractivity (Wildman–Crippen MR) is 71.7 cm³/mol. The van der Waals surface area contributed by atoms with Crippen LogP contribution in [0.1, 0.15) is 30.9 Å². The van der Waals surface area contributed by atoms with Crippen molar-refractivity contribution in [3.05, 3.63) is 58.9 Å². The van der Waals surface area contributed by atoms with Gasteiger partial charge >= 0.3 is 0 Å². The Morgan fingerprint density at radius 1 is 1.00 bits per heavy atom. The van der Waals surface area contributed by atoms with Crippen LogP contribution in [-0.4, -0.2) is 11.9 Å². The minimum absolute atomic E-state index is 0.567. The summed E-state index contributed by atoms with van der Waals surface area (Å²) in [7, 11) is 0. The van der Waals surface area contributed by atoms with Crippen molar-refractivity contribution in [2.75, 3.05) is 0 Å². The lowest BCUT2D eigenvalue weighted by Gasteiger charge is -2.07. The van der Waals surface area contributed by atoms with Gasteiger partial charge in [0.2, 0.25) is 0 Å². The topological polar surface area (TPSA) is 24.7 Å². The maximum atomic E-state index is 4.46. The molecule has 0 bridgehead atoms. The lowest BCUT2D eigenvalue weighted by Crippen LogP contribution is -2.02. The molecule has 84 valence electrons. The molecule has 0 unspecified atom stereocenters. The van der Waals surface area contributed by atoms with Gasteiger partial charge in [-0.3, -0.25) is 9.98 Å². The molecule has 17 heavy (non-hydrogen) atoms. The first-order chi connectivity index (χ1) is 8.25. The second kappa shape index (κ2) is 3.81. The van der Waals surface area contributed by atoms with E-state index in [0.29, 0.717) is 5.92 Å². The quantitative estimate of drug-likeness (QED) is 0.732. The van der Waals surface area contributed by atoms with Crippen LogP contribution in [0, 0.1) is 0 Å². The molecule has 0 spiro atoms. The molecule has 0 aliphatic carbocycles. The maximum absolute atomic E-state index is 4.46. The van der Waals surface area contributed by atoms with Gasteiger partial charge in [-0.1, -0.05) is 38.1 Å². The molecule has 3 rings (SSSR count). The molecular formula is C15H14N2. The van der Waals surface area contributed by atoms with Gasteiger partial charge in [0.15, 0.2) is 0 Å². The second-order valence-electron chi connectivity index (χ2n) is 4.66. The molecule has 2 heterocycles. The molecule has 0 radical (unpaired) electrons. The van der Waals surface area contributed by atoms with Gasteiger partial charge in [0.1, 0.15) is 0 Å². The van der Waals surface area contributed by atoms with E-state index in [4.69, 9.17) is 0 Å². The summed E-state index contributed by atoms with van der Waals surface area (Å²) in [4.78, 5) is 8.61. The third kappa shape index (κ3) is 1.66. The van der Waals surface area contributed by atoms with Gasteiger partial charge in [0, 0.05) is 35.3 Å². The van der Waals surface area contributed by atoms with Crippen LogP contribution in [0.4, 0.5) is 0 Å². The smallest absolute Gasteiger partial charge is 0.0797 e.